The summed E-state index contributed by atoms with van der Waals surface area (Å²) in [6.45, 7) is 0.360. The Bertz CT molecular complexity index is 558. The number of alkyl halides is 3. The maximum atomic E-state index is 12.3. The normalized spacial score (nSPS) is 16.6. The van der Waals surface area contributed by atoms with Gasteiger partial charge in [-0.3, -0.25) is 9.53 Å². The molecule has 1 fully saturated rings. The number of rotatable bonds is 2. The van der Waals surface area contributed by atoms with E-state index >= 15 is 0 Å². The van der Waals surface area contributed by atoms with Crippen molar-refractivity contribution in [2.24, 2.45) is 0 Å². The SMILES string of the molecule is N#Cc1ccccc1C(=O)N1CCC(OC(F)(F)F)CC1. The highest BCUT2D eigenvalue weighted by Gasteiger charge is 2.35. The Balaban J connectivity index is 1.99. The molecule has 0 spiro atoms. The summed E-state index contributed by atoms with van der Waals surface area (Å²) in [5.74, 6) is -0.336. The minimum atomic E-state index is -4.65. The van der Waals surface area contributed by atoms with Crippen molar-refractivity contribution in [3.8, 4) is 6.07 Å². The number of carbonyl (C=O) groups is 1. The Morgan fingerprint density at radius 3 is 2.48 bits per heavy atom. The van der Waals surface area contributed by atoms with Gasteiger partial charge in [0, 0.05) is 13.1 Å². The maximum absolute atomic E-state index is 12.3. The summed E-state index contributed by atoms with van der Waals surface area (Å²) in [4.78, 5) is 13.7. The molecule has 0 unspecified atom stereocenters. The van der Waals surface area contributed by atoms with Crippen molar-refractivity contribution < 1.29 is 22.7 Å². The molecule has 0 bridgehead atoms. The molecule has 0 atom stereocenters. The first kappa shape index (κ1) is 15.3. The number of piperidine rings is 1. The zero-order chi connectivity index (χ0) is 15.5. The van der Waals surface area contributed by atoms with Crippen LogP contribution in [0.4, 0.5) is 13.2 Å². The minimum Gasteiger partial charge on any atom is -0.338 e. The molecule has 0 radical (unpaired) electrons. The van der Waals surface area contributed by atoms with Crippen molar-refractivity contribution >= 4 is 5.91 Å². The summed E-state index contributed by atoms with van der Waals surface area (Å²) in [5.41, 5.74) is 0.534. The number of ether oxygens (including phenoxy) is 1. The Morgan fingerprint density at radius 1 is 1.29 bits per heavy atom. The topological polar surface area (TPSA) is 53.3 Å². The first-order valence-electron chi connectivity index (χ1n) is 6.43. The molecule has 21 heavy (non-hydrogen) atoms. The van der Waals surface area contributed by atoms with E-state index in [9.17, 15) is 18.0 Å². The average Bonchev–Trinajstić information content (AvgIpc) is 2.45. The molecular formula is C14H13F3N2O2. The molecule has 1 heterocycles. The molecule has 4 nitrogen and oxygen atoms in total. The number of halogens is 3. The van der Waals surface area contributed by atoms with E-state index in [1.807, 2.05) is 6.07 Å². The lowest BCUT2D eigenvalue weighted by Gasteiger charge is -2.32. The monoisotopic (exact) mass is 298 g/mol. The van der Waals surface area contributed by atoms with Gasteiger partial charge in [-0.2, -0.15) is 5.26 Å². The zero-order valence-electron chi connectivity index (χ0n) is 11.1. The maximum Gasteiger partial charge on any atom is 0.522 e. The Morgan fingerprint density at radius 2 is 1.90 bits per heavy atom. The lowest BCUT2D eigenvalue weighted by atomic mass is 10.0. The predicted octanol–water partition coefficient (Wildman–Crippen LogP) is 2.70. The molecule has 2 rings (SSSR count). The van der Waals surface area contributed by atoms with Gasteiger partial charge in [-0.25, -0.2) is 0 Å². The lowest BCUT2D eigenvalue weighted by molar-refractivity contribution is -0.345. The van der Waals surface area contributed by atoms with Crippen molar-refractivity contribution in [2.75, 3.05) is 13.1 Å². The summed E-state index contributed by atoms with van der Waals surface area (Å²) < 4.78 is 40.3. The van der Waals surface area contributed by atoms with E-state index in [0.29, 0.717) is 0 Å². The van der Waals surface area contributed by atoms with Crippen LogP contribution in [-0.4, -0.2) is 36.4 Å². The minimum absolute atomic E-state index is 0.125. The van der Waals surface area contributed by atoms with E-state index in [4.69, 9.17) is 5.26 Å². The highest BCUT2D eigenvalue weighted by atomic mass is 19.4. The summed E-state index contributed by atoms with van der Waals surface area (Å²) in [7, 11) is 0. The molecule has 112 valence electrons. The van der Waals surface area contributed by atoms with E-state index in [1.54, 1.807) is 18.2 Å². The number of carbonyl (C=O) groups excluding carboxylic acids is 1. The summed E-state index contributed by atoms with van der Waals surface area (Å²) in [5, 5.41) is 8.97. The molecule has 0 aliphatic carbocycles. The van der Waals surface area contributed by atoms with Crippen LogP contribution in [0.2, 0.25) is 0 Å². The molecule has 1 aromatic rings. The van der Waals surface area contributed by atoms with Crippen LogP contribution in [-0.2, 0) is 4.74 Å². The molecular weight excluding hydrogens is 285 g/mol. The van der Waals surface area contributed by atoms with Gasteiger partial charge in [0.25, 0.3) is 5.91 Å². The Kier molecular flexibility index (Phi) is 4.48. The van der Waals surface area contributed by atoms with Crippen molar-refractivity contribution in [1.29, 1.82) is 5.26 Å². The molecule has 0 saturated carbocycles. The number of benzene rings is 1. The Hall–Kier alpha value is -2.07. The second-order valence-corrected chi connectivity index (χ2v) is 4.71. The van der Waals surface area contributed by atoms with E-state index in [2.05, 4.69) is 4.74 Å². The number of nitrogens with zero attached hydrogens (tertiary/aromatic N) is 2. The number of hydrogen-bond donors (Lipinski definition) is 0. The van der Waals surface area contributed by atoms with Crippen LogP contribution in [0.15, 0.2) is 24.3 Å². The van der Waals surface area contributed by atoms with Gasteiger partial charge < -0.3 is 4.90 Å². The third-order valence-electron chi connectivity index (χ3n) is 3.31. The summed E-state index contributed by atoms with van der Waals surface area (Å²) >= 11 is 0. The van der Waals surface area contributed by atoms with Gasteiger partial charge in [-0.1, -0.05) is 12.1 Å². The van der Waals surface area contributed by atoms with Crippen LogP contribution in [0, 0.1) is 11.3 Å². The molecule has 7 heteroatoms. The van der Waals surface area contributed by atoms with E-state index in [0.717, 1.165) is 0 Å². The van der Waals surface area contributed by atoms with Crippen molar-refractivity contribution in [3.05, 3.63) is 35.4 Å². The number of amides is 1. The molecule has 0 N–H and O–H groups in total. The van der Waals surface area contributed by atoms with Crippen molar-refractivity contribution in [2.45, 2.75) is 25.3 Å². The quantitative estimate of drug-likeness (QED) is 0.843. The highest BCUT2D eigenvalue weighted by molar-refractivity contribution is 5.96. The molecule has 1 aliphatic heterocycles. The highest BCUT2D eigenvalue weighted by Crippen LogP contribution is 2.25. The Labute approximate surface area is 119 Å². The second-order valence-electron chi connectivity index (χ2n) is 4.71. The fourth-order valence-electron chi connectivity index (χ4n) is 2.30. The standard InChI is InChI=1S/C14H13F3N2O2/c15-14(16,17)21-11-5-7-19(8-6-11)13(20)12-4-2-1-3-10(12)9-18/h1-4,11H,5-8H2. The van der Waals surface area contributed by atoms with Gasteiger partial charge in [0.15, 0.2) is 0 Å². The van der Waals surface area contributed by atoms with Gasteiger partial charge in [0.2, 0.25) is 0 Å². The van der Waals surface area contributed by atoms with Crippen LogP contribution in [0.25, 0.3) is 0 Å². The first-order valence-corrected chi connectivity index (χ1v) is 6.43. The third-order valence-corrected chi connectivity index (χ3v) is 3.31. The predicted molar refractivity (Wildman–Crippen MR) is 67.2 cm³/mol. The van der Waals surface area contributed by atoms with Crippen LogP contribution in [0.1, 0.15) is 28.8 Å². The number of nitriles is 1. The molecule has 1 aliphatic rings. The van der Waals surface area contributed by atoms with Gasteiger partial charge in [-0.15, -0.1) is 13.2 Å². The largest absolute Gasteiger partial charge is 0.522 e. The number of likely N-dealkylation sites (tertiary alicyclic amines) is 1. The van der Waals surface area contributed by atoms with Crippen molar-refractivity contribution in [3.63, 3.8) is 0 Å². The van der Waals surface area contributed by atoms with Crippen LogP contribution in [0.5, 0.6) is 0 Å². The first-order chi connectivity index (χ1) is 9.90. The average molecular weight is 298 g/mol. The van der Waals surface area contributed by atoms with Gasteiger partial charge in [0.05, 0.1) is 23.3 Å². The third kappa shape index (κ3) is 3.95. The van der Waals surface area contributed by atoms with Crippen LogP contribution < -0.4 is 0 Å². The zero-order valence-corrected chi connectivity index (χ0v) is 11.1. The second kappa shape index (κ2) is 6.14. The van der Waals surface area contributed by atoms with E-state index in [1.165, 1.54) is 11.0 Å². The lowest BCUT2D eigenvalue weighted by Crippen LogP contribution is -2.42. The summed E-state index contributed by atoms with van der Waals surface area (Å²) in [6.07, 6.45) is -5.32. The van der Waals surface area contributed by atoms with E-state index in [-0.39, 0.29) is 43.0 Å². The molecule has 1 aromatic carbocycles. The van der Waals surface area contributed by atoms with Crippen LogP contribution in [0.3, 0.4) is 0 Å². The van der Waals surface area contributed by atoms with Crippen molar-refractivity contribution in [1.82, 2.24) is 4.90 Å². The fraction of sp³-hybridized carbons (Fsp3) is 0.429. The van der Waals surface area contributed by atoms with Gasteiger partial charge in [0.1, 0.15) is 0 Å². The number of hydrogen-bond acceptors (Lipinski definition) is 3. The fourth-order valence-corrected chi connectivity index (χ4v) is 2.30. The van der Waals surface area contributed by atoms with Gasteiger partial charge >= 0.3 is 6.36 Å². The molecule has 1 saturated heterocycles. The smallest absolute Gasteiger partial charge is 0.338 e. The summed E-state index contributed by atoms with van der Waals surface area (Å²) in [6, 6.07) is 8.31. The van der Waals surface area contributed by atoms with E-state index < -0.39 is 12.5 Å². The van der Waals surface area contributed by atoms with Gasteiger partial charge in [-0.05, 0) is 25.0 Å². The molecule has 1 amide bonds. The van der Waals surface area contributed by atoms with Crippen LogP contribution >= 0.6 is 0 Å². The molecule has 0 aromatic heterocycles.